The van der Waals surface area contributed by atoms with Crippen LogP contribution in [0.1, 0.15) is 16.7 Å². The molecular weight excluding hydrogens is 558 g/mol. The van der Waals surface area contributed by atoms with Gasteiger partial charge in [0.1, 0.15) is 0 Å². The number of hydrogen-bond donors (Lipinski definition) is 1. The van der Waals surface area contributed by atoms with Crippen LogP contribution in [-0.4, -0.2) is 31.4 Å². The normalized spacial score (nSPS) is 11.8. The molecule has 0 atom stereocenters. The van der Waals surface area contributed by atoms with E-state index in [1.54, 1.807) is 12.1 Å². The van der Waals surface area contributed by atoms with Gasteiger partial charge in [0.2, 0.25) is 10.0 Å². The molecule has 9 heteroatoms. The maximum absolute atomic E-state index is 13.3. The van der Waals surface area contributed by atoms with E-state index < -0.39 is 15.9 Å². The highest BCUT2D eigenvalue weighted by Gasteiger charge is 2.27. The van der Waals surface area contributed by atoms with Crippen LogP contribution in [0.4, 0.5) is 0 Å². The summed E-state index contributed by atoms with van der Waals surface area (Å²) < 4.78 is 29.3. The third-order valence-corrected chi connectivity index (χ3v) is 7.33. The van der Waals surface area contributed by atoms with Crippen LogP contribution in [0.2, 0.25) is 0 Å². The largest absolute Gasteiger partial charge is 0.272 e. The number of aryl methyl sites for hydroxylation is 1. The lowest BCUT2D eigenvalue weighted by Crippen LogP contribution is -2.39. The van der Waals surface area contributed by atoms with Crippen molar-refractivity contribution in [3.05, 3.63) is 98.4 Å². The molecule has 0 saturated carbocycles. The molecule has 0 bridgehead atoms. The number of benzene rings is 3. The molecule has 6 nitrogen and oxygen atoms in total. The number of nitrogens with one attached hydrogen (secondary N) is 1. The molecule has 3 aromatic carbocycles. The highest BCUT2D eigenvalue weighted by atomic mass is 79.9. The first-order valence-electron chi connectivity index (χ1n) is 9.63. The van der Waals surface area contributed by atoms with Crippen LogP contribution >= 0.6 is 31.9 Å². The lowest BCUT2D eigenvalue weighted by Gasteiger charge is -2.21. The minimum Gasteiger partial charge on any atom is -0.272 e. The van der Waals surface area contributed by atoms with E-state index >= 15 is 0 Å². The van der Waals surface area contributed by atoms with E-state index in [1.165, 1.54) is 18.3 Å². The molecule has 0 aromatic heterocycles. The van der Waals surface area contributed by atoms with Crippen molar-refractivity contribution in [2.24, 2.45) is 5.10 Å². The minimum atomic E-state index is -3.91. The second-order valence-corrected chi connectivity index (χ2v) is 10.8. The summed E-state index contributed by atoms with van der Waals surface area (Å²) in [5.74, 6) is -0.538. The van der Waals surface area contributed by atoms with Crippen molar-refractivity contribution in [1.29, 1.82) is 0 Å². The monoisotopic (exact) mass is 577 g/mol. The van der Waals surface area contributed by atoms with E-state index in [4.69, 9.17) is 0 Å². The van der Waals surface area contributed by atoms with E-state index in [0.29, 0.717) is 0 Å². The van der Waals surface area contributed by atoms with Crippen LogP contribution in [0.25, 0.3) is 0 Å². The molecule has 166 valence electrons. The van der Waals surface area contributed by atoms with Crippen molar-refractivity contribution in [2.75, 3.05) is 6.54 Å². The number of amides is 1. The standard InChI is InChI=1S/C23H21Br2N3O3S/c1-17-5-7-18(8-6-17)15-28(32(30,31)22-11-9-20(24)10-12-22)16-23(29)27-26-14-19-3-2-4-21(25)13-19/h2-14H,15-16H2,1H3,(H,27,29)/b26-14-. The number of sulfonamides is 1. The fourth-order valence-corrected chi connectivity index (χ4v) is 4.91. The van der Waals surface area contributed by atoms with Crippen molar-refractivity contribution >= 4 is 54.0 Å². The van der Waals surface area contributed by atoms with Gasteiger partial charge in [0.05, 0.1) is 17.7 Å². The van der Waals surface area contributed by atoms with Gasteiger partial charge in [-0.1, -0.05) is 73.8 Å². The Morgan fingerprint density at radius 3 is 2.34 bits per heavy atom. The van der Waals surface area contributed by atoms with Crippen LogP contribution in [-0.2, 0) is 21.4 Å². The summed E-state index contributed by atoms with van der Waals surface area (Å²) in [4.78, 5) is 12.6. The number of nitrogens with zero attached hydrogens (tertiary/aromatic N) is 2. The number of carbonyl (C=O) groups is 1. The summed E-state index contributed by atoms with van der Waals surface area (Å²) in [6.07, 6.45) is 1.50. The Morgan fingerprint density at radius 2 is 1.69 bits per heavy atom. The second kappa shape index (κ2) is 11.0. The van der Waals surface area contributed by atoms with Crippen molar-refractivity contribution in [3.63, 3.8) is 0 Å². The van der Waals surface area contributed by atoms with Crippen LogP contribution in [0, 0.1) is 6.92 Å². The Morgan fingerprint density at radius 1 is 1.00 bits per heavy atom. The minimum absolute atomic E-state index is 0.0570. The fraction of sp³-hybridized carbons (Fsp3) is 0.130. The molecule has 1 amide bonds. The van der Waals surface area contributed by atoms with E-state index in [1.807, 2.05) is 55.5 Å². The molecule has 0 aliphatic heterocycles. The van der Waals surface area contributed by atoms with E-state index in [9.17, 15) is 13.2 Å². The maximum atomic E-state index is 13.3. The molecule has 3 aromatic rings. The van der Waals surface area contributed by atoms with E-state index in [2.05, 4.69) is 42.4 Å². The predicted octanol–water partition coefficient (Wildman–Crippen LogP) is 4.86. The Kier molecular flexibility index (Phi) is 8.36. The number of halogens is 2. The van der Waals surface area contributed by atoms with Crippen molar-refractivity contribution in [3.8, 4) is 0 Å². The lowest BCUT2D eigenvalue weighted by atomic mass is 10.1. The Bertz CT molecular complexity index is 1210. The highest BCUT2D eigenvalue weighted by Crippen LogP contribution is 2.21. The second-order valence-electron chi connectivity index (χ2n) is 7.06. The zero-order valence-corrected chi connectivity index (χ0v) is 21.2. The first kappa shape index (κ1) is 24.3. The van der Waals surface area contributed by atoms with Gasteiger partial charge in [0.25, 0.3) is 5.91 Å². The first-order chi connectivity index (χ1) is 15.2. The SMILES string of the molecule is Cc1ccc(CN(CC(=O)N/N=C\c2cccc(Br)c2)S(=O)(=O)c2ccc(Br)cc2)cc1. The molecule has 0 saturated heterocycles. The fourth-order valence-electron chi connectivity index (χ4n) is 2.84. The third kappa shape index (κ3) is 6.83. The van der Waals surface area contributed by atoms with Crippen molar-refractivity contribution in [1.82, 2.24) is 9.73 Å². The van der Waals surface area contributed by atoms with E-state index in [-0.39, 0.29) is 18.0 Å². The van der Waals surface area contributed by atoms with Gasteiger partial charge < -0.3 is 0 Å². The van der Waals surface area contributed by atoms with Crippen LogP contribution in [0.15, 0.2) is 91.7 Å². The summed E-state index contributed by atoms with van der Waals surface area (Å²) in [7, 11) is -3.91. The van der Waals surface area contributed by atoms with Gasteiger partial charge in [0.15, 0.2) is 0 Å². The summed E-state index contributed by atoms with van der Waals surface area (Å²) in [5.41, 5.74) is 5.05. The molecule has 0 unspecified atom stereocenters. The molecular formula is C23H21Br2N3O3S. The number of rotatable bonds is 8. The maximum Gasteiger partial charge on any atom is 0.255 e. The number of carbonyl (C=O) groups excluding carboxylic acids is 1. The Labute approximate surface area is 204 Å². The zero-order chi connectivity index (χ0) is 23.1. The average Bonchev–Trinajstić information content (AvgIpc) is 2.75. The summed E-state index contributed by atoms with van der Waals surface area (Å²) >= 11 is 6.69. The van der Waals surface area contributed by atoms with E-state index in [0.717, 1.165) is 29.9 Å². The quantitative estimate of drug-likeness (QED) is 0.306. The molecule has 1 N–H and O–H groups in total. The summed E-state index contributed by atoms with van der Waals surface area (Å²) in [5, 5.41) is 3.95. The van der Waals surface area contributed by atoms with Crippen LogP contribution in [0.5, 0.6) is 0 Å². The topological polar surface area (TPSA) is 78.8 Å². The van der Waals surface area contributed by atoms with Gasteiger partial charge in [-0.2, -0.15) is 9.41 Å². The molecule has 0 spiro atoms. The lowest BCUT2D eigenvalue weighted by molar-refractivity contribution is -0.121. The summed E-state index contributed by atoms with van der Waals surface area (Å²) in [6, 6.07) is 21.2. The van der Waals surface area contributed by atoms with Crippen molar-refractivity contribution in [2.45, 2.75) is 18.4 Å². The van der Waals surface area contributed by atoms with Crippen LogP contribution in [0.3, 0.4) is 0 Å². The molecule has 0 aliphatic carbocycles. The Balaban J connectivity index is 1.79. The molecule has 0 radical (unpaired) electrons. The summed E-state index contributed by atoms with van der Waals surface area (Å²) in [6.45, 7) is 1.64. The van der Waals surface area contributed by atoms with Crippen molar-refractivity contribution < 1.29 is 13.2 Å². The van der Waals surface area contributed by atoms with Gasteiger partial charge in [-0.25, -0.2) is 13.8 Å². The van der Waals surface area contributed by atoms with Gasteiger partial charge in [-0.3, -0.25) is 4.79 Å². The molecule has 32 heavy (non-hydrogen) atoms. The van der Waals surface area contributed by atoms with Crippen LogP contribution < -0.4 is 5.43 Å². The smallest absolute Gasteiger partial charge is 0.255 e. The number of hydrogen-bond acceptors (Lipinski definition) is 4. The zero-order valence-electron chi connectivity index (χ0n) is 17.2. The molecule has 3 rings (SSSR count). The van der Waals surface area contributed by atoms with Gasteiger partial charge >= 0.3 is 0 Å². The molecule has 0 heterocycles. The first-order valence-corrected chi connectivity index (χ1v) is 12.7. The predicted molar refractivity (Wildman–Crippen MR) is 133 cm³/mol. The highest BCUT2D eigenvalue weighted by molar-refractivity contribution is 9.10. The van der Waals surface area contributed by atoms with Gasteiger partial charge in [0, 0.05) is 15.5 Å². The average molecular weight is 579 g/mol. The molecule has 0 aliphatic rings. The number of hydrazone groups is 1. The third-order valence-electron chi connectivity index (χ3n) is 4.50. The Hall–Kier alpha value is -2.33. The van der Waals surface area contributed by atoms with Gasteiger partial charge in [-0.15, -0.1) is 0 Å². The molecule has 0 fully saturated rings. The van der Waals surface area contributed by atoms with Gasteiger partial charge in [-0.05, 0) is 54.4 Å².